The summed E-state index contributed by atoms with van der Waals surface area (Å²) in [6.45, 7) is 0. The zero-order chi connectivity index (χ0) is 12.0. The molecule has 0 amide bonds. The number of rotatable bonds is 0. The molecule has 0 fully saturated rings. The summed E-state index contributed by atoms with van der Waals surface area (Å²) < 4.78 is 0. The van der Waals surface area contributed by atoms with Crippen molar-refractivity contribution >= 4 is 0 Å². The molecule has 100 valence electrons. The number of hydrogen-bond donors (Lipinski definition) is 0. The highest BCUT2D eigenvalue weighted by Crippen LogP contribution is 2.14. The van der Waals surface area contributed by atoms with E-state index in [1.165, 1.54) is 96.3 Å². The molecule has 0 heterocycles. The molecule has 1 rings (SSSR count). The molecule has 0 unspecified atom stereocenters. The largest absolute Gasteiger partial charge is 0.0885 e. The van der Waals surface area contributed by atoms with Crippen LogP contribution in [0.3, 0.4) is 0 Å². The molecule has 0 aliphatic heterocycles. The molecule has 0 aromatic heterocycles. The van der Waals surface area contributed by atoms with E-state index in [2.05, 4.69) is 12.2 Å². The zero-order valence-corrected chi connectivity index (χ0v) is 11.8. The van der Waals surface area contributed by atoms with Crippen LogP contribution in [0, 0.1) is 0 Å². The molecule has 0 bridgehead atoms. The fourth-order valence-electron chi connectivity index (χ4n) is 2.70. The molecule has 0 nitrogen and oxygen atoms in total. The van der Waals surface area contributed by atoms with Gasteiger partial charge in [-0.3, -0.25) is 0 Å². The average molecular weight is 236 g/mol. The summed E-state index contributed by atoms with van der Waals surface area (Å²) in [5.74, 6) is 0. The lowest BCUT2D eigenvalue weighted by molar-refractivity contribution is 0.539. The van der Waals surface area contributed by atoms with Gasteiger partial charge in [0.15, 0.2) is 0 Å². The lowest BCUT2D eigenvalue weighted by atomic mass is 10.0. The molecule has 0 radical (unpaired) electrons. The first kappa shape index (κ1) is 14.8. The van der Waals surface area contributed by atoms with Crippen molar-refractivity contribution in [1.82, 2.24) is 0 Å². The summed E-state index contributed by atoms with van der Waals surface area (Å²) >= 11 is 0. The number of allylic oxidation sites excluding steroid dienone is 2. The van der Waals surface area contributed by atoms with E-state index in [0.717, 1.165) is 0 Å². The third kappa shape index (κ3) is 10.6. The van der Waals surface area contributed by atoms with E-state index in [0.29, 0.717) is 0 Å². The van der Waals surface area contributed by atoms with Gasteiger partial charge in [-0.15, -0.1) is 0 Å². The predicted octanol–water partition coefficient (Wildman–Crippen LogP) is 6.41. The van der Waals surface area contributed by atoms with E-state index in [9.17, 15) is 0 Å². The Hall–Kier alpha value is -0.260. The molecular formula is C17H32. The summed E-state index contributed by atoms with van der Waals surface area (Å²) in [5, 5.41) is 0. The van der Waals surface area contributed by atoms with Crippen molar-refractivity contribution in [3.63, 3.8) is 0 Å². The van der Waals surface area contributed by atoms with Crippen LogP contribution in [0.1, 0.15) is 96.3 Å². The van der Waals surface area contributed by atoms with Crippen molar-refractivity contribution < 1.29 is 0 Å². The first-order chi connectivity index (χ1) is 8.50. The van der Waals surface area contributed by atoms with Gasteiger partial charge >= 0.3 is 0 Å². The topological polar surface area (TPSA) is 0 Å². The van der Waals surface area contributed by atoms with E-state index in [4.69, 9.17) is 0 Å². The van der Waals surface area contributed by atoms with Gasteiger partial charge in [0.2, 0.25) is 0 Å². The highest BCUT2D eigenvalue weighted by molar-refractivity contribution is 4.81. The normalized spacial score (nSPS) is 24.9. The Labute approximate surface area is 109 Å². The molecule has 1 aliphatic rings. The molecule has 0 spiro atoms. The minimum absolute atomic E-state index is 1.32. The van der Waals surface area contributed by atoms with E-state index in [1.807, 2.05) is 0 Å². The van der Waals surface area contributed by atoms with Crippen LogP contribution in [0.15, 0.2) is 12.2 Å². The molecule has 0 N–H and O–H groups in total. The zero-order valence-electron chi connectivity index (χ0n) is 11.8. The summed E-state index contributed by atoms with van der Waals surface area (Å²) in [7, 11) is 0. The lowest BCUT2D eigenvalue weighted by Gasteiger charge is -2.02. The Morgan fingerprint density at radius 2 is 0.529 bits per heavy atom. The van der Waals surface area contributed by atoms with Crippen LogP contribution in [-0.2, 0) is 0 Å². The van der Waals surface area contributed by atoms with Crippen LogP contribution in [0.25, 0.3) is 0 Å². The quantitative estimate of drug-likeness (QED) is 0.426. The second kappa shape index (κ2) is 12.2. The predicted molar refractivity (Wildman–Crippen MR) is 78.4 cm³/mol. The van der Waals surface area contributed by atoms with Gasteiger partial charge < -0.3 is 0 Å². The van der Waals surface area contributed by atoms with Crippen LogP contribution in [0.4, 0.5) is 0 Å². The Balaban J connectivity index is 2.07. The van der Waals surface area contributed by atoms with Crippen molar-refractivity contribution in [2.75, 3.05) is 0 Å². The van der Waals surface area contributed by atoms with Crippen molar-refractivity contribution in [3.8, 4) is 0 Å². The average Bonchev–Trinajstić information content (AvgIpc) is 2.35. The van der Waals surface area contributed by atoms with Crippen LogP contribution in [0.2, 0.25) is 0 Å². The van der Waals surface area contributed by atoms with E-state index in [1.54, 1.807) is 0 Å². The van der Waals surface area contributed by atoms with Crippen molar-refractivity contribution in [2.45, 2.75) is 96.3 Å². The third-order valence-corrected chi connectivity index (χ3v) is 3.91. The molecule has 17 heavy (non-hydrogen) atoms. The van der Waals surface area contributed by atoms with Crippen molar-refractivity contribution in [1.29, 1.82) is 0 Å². The lowest BCUT2D eigenvalue weighted by Crippen LogP contribution is -1.82. The molecule has 0 atom stereocenters. The monoisotopic (exact) mass is 236 g/mol. The van der Waals surface area contributed by atoms with Crippen molar-refractivity contribution in [3.05, 3.63) is 12.2 Å². The Morgan fingerprint density at radius 3 is 0.824 bits per heavy atom. The smallest absolute Gasteiger partial charge is 0.0351 e. The summed E-state index contributed by atoms with van der Waals surface area (Å²) in [6.07, 6.45) is 26.5. The summed E-state index contributed by atoms with van der Waals surface area (Å²) in [4.78, 5) is 0. The van der Waals surface area contributed by atoms with Crippen LogP contribution >= 0.6 is 0 Å². The van der Waals surface area contributed by atoms with Gasteiger partial charge in [0.25, 0.3) is 0 Å². The molecule has 0 saturated carbocycles. The second-order valence-electron chi connectivity index (χ2n) is 5.64. The minimum Gasteiger partial charge on any atom is -0.0885 e. The van der Waals surface area contributed by atoms with Gasteiger partial charge in [-0.25, -0.2) is 0 Å². The van der Waals surface area contributed by atoms with E-state index < -0.39 is 0 Å². The maximum absolute atomic E-state index is 2.41. The van der Waals surface area contributed by atoms with Crippen molar-refractivity contribution in [2.24, 2.45) is 0 Å². The highest BCUT2D eigenvalue weighted by atomic mass is 14.0. The molecule has 0 saturated heterocycles. The van der Waals surface area contributed by atoms with E-state index >= 15 is 0 Å². The molecular weight excluding hydrogens is 204 g/mol. The minimum atomic E-state index is 1.32. The number of hydrogen-bond acceptors (Lipinski definition) is 0. The van der Waals surface area contributed by atoms with Gasteiger partial charge in [-0.05, 0) is 25.7 Å². The highest BCUT2D eigenvalue weighted by Gasteiger charge is 1.94. The van der Waals surface area contributed by atoms with E-state index in [-0.39, 0.29) is 0 Å². The third-order valence-electron chi connectivity index (χ3n) is 3.91. The molecule has 1 aliphatic carbocycles. The van der Waals surface area contributed by atoms with Crippen LogP contribution in [-0.4, -0.2) is 0 Å². The van der Waals surface area contributed by atoms with Crippen LogP contribution in [0.5, 0.6) is 0 Å². The summed E-state index contributed by atoms with van der Waals surface area (Å²) in [6, 6.07) is 0. The fraction of sp³-hybridized carbons (Fsp3) is 0.882. The van der Waals surface area contributed by atoms with Gasteiger partial charge in [0.1, 0.15) is 0 Å². The Kier molecular flexibility index (Phi) is 10.6. The molecule has 0 aromatic rings. The van der Waals surface area contributed by atoms with Crippen LogP contribution < -0.4 is 0 Å². The fourth-order valence-corrected chi connectivity index (χ4v) is 2.70. The Morgan fingerprint density at radius 1 is 0.294 bits per heavy atom. The maximum Gasteiger partial charge on any atom is -0.0351 e. The second-order valence-corrected chi connectivity index (χ2v) is 5.64. The first-order valence-electron chi connectivity index (χ1n) is 8.15. The van der Waals surface area contributed by atoms with Gasteiger partial charge in [0.05, 0.1) is 0 Å². The Bertz CT molecular complexity index is 151. The SMILES string of the molecule is C1=C/CCCCCCCCCCCCCCC/1. The first-order valence-corrected chi connectivity index (χ1v) is 8.15. The maximum atomic E-state index is 2.41. The van der Waals surface area contributed by atoms with Gasteiger partial charge in [-0.1, -0.05) is 82.8 Å². The van der Waals surface area contributed by atoms with Gasteiger partial charge in [-0.2, -0.15) is 0 Å². The standard InChI is InChI=1S/C17H32/c1-2-4-6-8-10-12-14-16-17-15-13-11-9-7-5-3-1/h1-2H,3-17H2/b2-1+. The summed E-state index contributed by atoms with van der Waals surface area (Å²) in [5.41, 5.74) is 0. The molecule has 0 heteroatoms. The van der Waals surface area contributed by atoms with Gasteiger partial charge in [0, 0.05) is 0 Å². The molecule has 0 aromatic carbocycles.